The van der Waals surface area contributed by atoms with Crippen LogP contribution in [-0.2, 0) is 33.0 Å². The van der Waals surface area contributed by atoms with Crippen LogP contribution in [0.1, 0.15) is 73.8 Å². The third-order valence-electron chi connectivity index (χ3n) is 11.5. The molecule has 7 rings (SSSR count). The number of hydrogen-bond acceptors (Lipinski definition) is 8. The van der Waals surface area contributed by atoms with Crippen molar-refractivity contribution < 1.29 is 28.5 Å². The van der Waals surface area contributed by atoms with Crippen molar-refractivity contribution in [2.24, 2.45) is 5.92 Å². The molecular formula is C40H47FN6O6Si. The lowest BCUT2D eigenvalue weighted by molar-refractivity contribution is -0.385. The first-order chi connectivity index (χ1) is 25.9. The molecule has 1 unspecified atom stereocenters. The van der Waals surface area contributed by atoms with Crippen LogP contribution in [0.2, 0.25) is 18.6 Å². The van der Waals surface area contributed by atoms with Gasteiger partial charge in [-0.05, 0) is 61.7 Å². The third-order valence-corrected chi connectivity index (χ3v) is 14.0. The molecule has 0 aliphatic carbocycles. The zero-order chi connectivity index (χ0) is 38.2. The molecule has 3 aromatic carbocycles. The van der Waals surface area contributed by atoms with Gasteiger partial charge in [0.05, 0.1) is 41.5 Å². The Kier molecular flexibility index (Phi) is 10.5. The quantitative estimate of drug-likeness (QED) is 0.0745. The molecule has 5 atom stereocenters. The van der Waals surface area contributed by atoms with E-state index in [0.717, 1.165) is 42.5 Å². The topological polar surface area (TPSA) is 144 Å². The van der Waals surface area contributed by atoms with Gasteiger partial charge in [-0.1, -0.05) is 67.4 Å². The minimum atomic E-state index is -3.50. The normalized spacial score (nSPS) is 23.8. The van der Waals surface area contributed by atoms with Crippen LogP contribution >= 0.6 is 0 Å². The SMILES string of the molecule is C[C@@H]1[C@@H]([Si](C)(C)F)[C@H](CCn2cc(C(CO)c3ccccc3)nn2)O[C@@]12C(=O)N(Cc1ccc(N3CCCCCCC3=O)cc1)c1ccc([N+](=O)[O-])cc12. The minimum absolute atomic E-state index is 0.108. The van der Waals surface area contributed by atoms with Gasteiger partial charge in [-0.15, -0.1) is 5.10 Å². The fourth-order valence-corrected chi connectivity index (χ4v) is 11.4. The lowest BCUT2D eigenvalue weighted by atomic mass is 9.82. The summed E-state index contributed by atoms with van der Waals surface area (Å²) in [6.45, 7) is 6.07. The first kappa shape index (κ1) is 37.5. The van der Waals surface area contributed by atoms with Gasteiger partial charge < -0.3 is 23.8 Å². The number of non-ortho nitro benzene ring substituents is 1. The Bertz CT molecular complexity index is 2010. The Hall–Kier alpha value is -4.79. The van der Waals surface area contributed by atoms with Gasteiger partial charge in [-0.25, -0.2) is 0 Å². The lowest BCUT2D eigenvalue weighted by Crippen LogP contribution is -2.45. The number of benzene rings is 3. The molecule has 1 spiro atoms. The number of hydrogen-bond donors (Lipinski definition) is 1. The fraction of sp³-hybridized carbons (Fsp3) is 0.450. The van der Waals surface area contributed by atoms with Crippen molar-refractivity contribution in [3.63, 3.8) is 0 Å². The second-order valence-corrected chi connectivity index (χ2v) is 19.1. The molecule has 2 amide bonds. The number of amides is 2. The molecular weight excluding hydrogens is 708 g/mol. The lowest BCUT2D eigenvalue weighted by Gasteiger charge is -2.31. The third kappa shape index (κ3) is 6.98. The molecule has 1 N–H and O–H groups in total. The Balaban J connectivity index is 1.17. The second kappa shape index (κ2) is 15.2. The standard InChI is InChI=1S/C40H47FN6O6Si/c1-27-38(54(2,3)41)36(20-22-44-25-34(42-43-44)32(26-48)29-11-7-6-8-12-29)53-40(27)33-23-31(47(51)52)18-19-35(33)46(39(40)50)24-28-14-16-30(17-15-28)45-21-10-5-4-9-13-37(45)49/h6-8,11-12,14-19,23,25,27,32,36,38,48H,4-5,9-10,13,20-22,24,26H2,1-3H3/t27-,32?,36+,38-,40+/m1/s1. The van der Waals surface area contributed by atoms with Crippen LogP contribution in [0.15, 0.2) is 79.0 Å². The number of ether oxygens (including phenoxy) is 1. The molecule has 2 saturated heterocycles. The van der Waals surface area contributed by atoms with Crippen LogP contribution in [0.3, 0.4) is 0 Å². The van der Waals surface area contributed by atoms with Gasteiger partial charge in [-0.3, -0.25) is 24.4 Å². The molecule has 12 nitrogen and oxygen atoms in total. The van der Waals surface area contributed by atoms with Crippen molar-refractivity contribution in [3.8, 4) is 0 Å². The molecule has 0 saturated carbocycles. The van der Waals surface area contributed by atoms with Gasteiger partial charge in [-0.2, -0.15) is 0 Å². The van der Waals surface area contributed by atoms with Crippen molar-refractivity contribution >= 4 is 37.3 Å². The van der Waals surface area contributed by atoms with Crippen LogP contribution in [0.25, 0.3) is 0 Å². The Morgan fingerprint density at radius 2 is 1.80 bits per heavy atom. The largest absolute Gasteiger partial charge is 0.395 e. The van der Waals surface area contributed by atoms with E-state index in [1.54, 1.807) is 34.9 Å². The number of anilines is 2. The summed E-state index contributed by atoms with van der Waals surface area (Å²) >= 11 is 0. The number of aryl methyl sites for hydroxylation is 1. The molecule has 4 heterocycles. The van der Waals surface area contributed by atoms with Crippen molar-refractivity contribution in [3.05, 3.63) is 111 Å². The van der Waals surface area contributed by atoms with Gasteiger partial charge in [0.15, 0.2) is 5.60 Å². The van der Waals surface area contributed by atoms with E-state index in [1.165, 1.54) is 12.1 Å². The number of nitrogens with zero attached hydrogens (tertiary/aromatic N) is 6. The number of nitro benzene ring substituents is 1. The Morgan fingerprint density at radius 3 is 2.50 bits per heavy atom. The van der Waals surface area contributed by atoms with Crippen molar-refractivity contribution in [2.45, 2.75) is 94.8 Å². The molecule has 1 aromatic heterocycles. The zero-order valence-electron chi connectivity index (χ0n) is 30.9. The van der Waals surface area contributed by atoms with Crippen molar-refractivity contribution in [1.82, 2.24) is 15.0 Å². The van der Waals surface area contributed by atoms with Gasteiger partial charge in [0.25, 0.3) is 11.6 Å². The summed E-state index contributed by atoms with van der Waals surface area (Å²) in [5.74, 6) is -1.26. The number of aliphatic hydroxyl groups excluding tert-OH is 1. The predicted octanol–water partition coefficient (Wildman–Crippen LogP) is 7.02. The van der Waals surface area contributed by atoms with Gasteiger partial charge in [0, 0.05) is 60.5 Å². The van der Waals surface area contributed by atoms with Gasteiger partial charge >= 0.3 is 0 Å². The maximum absolute atomic E-state index is 16.5. The number of nitro groups is 1. The fourth-order valence-electron chi connectivity index (χ4n) is 8.87. The highest BCUT2D eigenvalue weighted by molar-refractivity contribution is 6.72. The molecule has 3 aliphatic heterocycles. The molecule has 3 aliphatic rings. The number of carbonyl (C=O) groups excluding carboxylic acids is 2. The number of carbonyl (C=O) groups is 2. The van der Waals surface area contributed by atoms with Crippen molar-refractivity contribution in [2.75, 3.05) is 23.0 Å². The molecule has 284 valence electrons. The van der Waals surface area contributed by atoms with Gasteiger partial charge in [0.2, 0.25) is 14.3 Å². The first-order valence-electron chi connectivity index (χ1n) is 18.8. The molecule has 14 heteroatoms. The maximum atomic E-state index is 16.5. The maximum Gasteiger partial charge on any atom is 0.269 e. The molecule has 4 aromatic rings. The highest BCUT2D eigenvalue weighted by Crippen LogP contribution is 2.60. The van der Waals surface area contributed by atoms with E-state index in [2.05, 4.69) is 10.3 Å². The van der Waals surface area contributed by atoms with E-state index in [9.17, 15) is 24.8 Å². The monoisotopic (exact) mass is 754 g/mol. The van der Waals surface area contributed by atoms with Crippen LogP contribution in [0.5, 0.6) is 0 Å². The highest BCUT2D eigenvalue weighted by atomic mass is 28.4. The summed E-state index contributed by atoms with van der Waals surface area (Å²) in [5.41, 5.74) is 1.58. The van der Waals surface area contributed by atoms with E-state index in [1.807, 2.05) is 66.4 Å². The summed E-state index contributed by atoms with van der Waals surface area (Å²) < 4.78 is 24.9. The number of halogens is 1. The highest BCUT2D eigenvalue weighted by Gasteiger charge is 2.67. The predicted molar refractivity (Wildman–Crippen MR) is 204 cm³/mol. The Labute approximate surface area is 315 Å². The summed E-state index contributed by atoms with van der Waals surface area (Å²) in [4.78, 5) is 42.7. The minimum Gasteiger partial charge on any atom is -0.395 e. The molecule has 0 bridgehead atoms. The number of aliphatic hydroxyl groups is 1. The average molecular weight is 755 g/mol. The number of aromatic nitrogens is 3. The molecule has 54 heavy (non-hydrogen) atoms. The van der Waals surface area contributed by atoms with Crippen LogP contribution in [-0.4, -0.2) is 64.5 Å². The molecule has 2 fully saturated rings. The first-order valence-corrected chi connectivity index (χ1v) is 21.8. The van der Waals surface area contributed by atoms with Crippen LogP contribution in [0.4, 0.5) is 21.2 Å². The van der Waals surface area contributed by atoms with E-state index in [0.29, 0.717) is 42.9 Å². The summed E-state index contributed by atoms with van der Waals surface area (Å²) in [7, 11) is -3.50. The summed E-state index contributed by atoms with van der Waals surface area (Å²) in [5, 5.41) is 30.8. The van der Waals surface area contributed by atoms with E-state index in [4.69, 9.17) is 4.74 Å². The van der Waals surface area contributed by atoms with Crippen LogP contribution < -0.4 is 9.80 Å². The smallest absolute Gasteiger partial charge is 0.269 e. The van der Waals surface area contributed by atoms with E-state index < -0.39 is 36.5 Å². The van der Waals surface area contributed by atoms with Crippen molar-refractivity contribution in [1.29, 1.82) is 0 Å². The zero-order valence-corrected chi connectivity index (χ0v) is 31.9. The summed E-state index contributed by atoms with van der Waals surface area (Å²) in [6, 6.07) is 21.5. The number of fused-ring (bicyclic) bond motifs is 2. The van der Waals surface area contributed by atoms with Gasteiger partial charge in [0.1, 0.15) is 0 Å². The van der Waals surface area contributed by atoms with E-state index in [-0.39, 0.29) is 36.6 Å². The summed E-state index contributed by atoms with van der Waals surface area (Å²) in [6.07, 6.45) is 5.90. The van der Waals surface area contributed by atoms with Crippen LogP contribution in [0, 0.1) is 16.0 Å². The number of rotatable bonds is 11. The average Bonchev–Trinajstić information content (AvgIpc) is 3.80. The van der Waals surface area contributed by atoms with E-state index >= 15 is 4.11 Å². The second-order valence-electron chi connectivity index (χ2n) is 15.3. The Morgan fingerprint density at radius 1 is 1.06 bits per heavy atom. The molecule has 0 radical (unpaired) electrons.